The van der Waals surface area contributed by atoms with E-state index in [0.29, 0.717) is 12.3 Å². The van der Waals surface area contributed by atoms with Crippen molar-refractivity contribution in [1.29, 1.82) is 0 Å². The predicted octanol–water partition coefficient (Wildman–Crippen LogP) is 2.09. The fourth-order valence-corrected chi connectivity index (χ4v) is 4.00. The van der Waals surface area contributed by atoms with Crippen molar-refractivity contribution in [1.82, 2.24) is 4.90 Å². The van der Waals surface area contributed by atoms with Crippen LogP contribution in [0.4, 0.5) is 0 Å². The third-order valence-electron chi connectivity index (χ3n) is 5.44. The zero-order valence-corrected chi connectivity index (χ0v) is 13.8. The number of aliphatic hydroxyl groups is 2. The van der Waals surface area contributed by atoms with E-state index >= 15 is 0 Å². The van der Waals surface area contributed by atoms with E-state index in [-0.39, 0.29) is 17.8 Å². The summed E-state index contributed by atoms with van der Waals surface area (Å²) in [4.78, 5) is 14.0. The summed E-state index contributed by atoms with van der Waals surface area (Å²) in [5, 5.41) is 19.6. The van der Waals surface area contributed by atoms with Gasteiger partial charge in [0, 0.05) is 25.6 Å². The first kappa shape index (κ1) is 16.6. The molecule has 0 bridgehead atoms. The number of rotatable bonds is 4. The maximum absolute atomic E-state index is 11.7. The standard InChI is InChI=1S/C19H27NO3/c1-13(21)18-10-16(6-7-19(18)23)15-4-2-14(3-5-15)11-20-9-8-17(22)12-20/h2-5,16-19,22-23H,6-12H2,1H3. The highest BCUT2D eigenvalue weighted by Gasteiger charge is 2.32. The Morgan fingerprint density at radius 1 is 1.17 bits per heavy atom. The van der Waals surface area contributed by atoms with Crippen molar-refractivity contribution in [2.24, 2.45) is 5.92 Å². The summed E-state index contributed by atoms with van der Waals surface area (Å²) in [5.41, 5.74) is 2.54. The van der Waals surface area contributed by atoms with Gasteiger partial charge in [0.15, 0.2) is 0 Å². The lowest BCUT2D eigenvalue weighted by Gasteiger charge is -2.32. The van der Waals surface area contributed by atoms with Crippen molar-refractivity contribution >= 4 is 5.78 Å². The van der Waals surface area contributed by atoms with Crippen molar-refractivity contribution in [3.8, 4) is 0 Å². The first-order valence-corrected chi connectivity index (χ1v) is 8.70. The second-order valence-electron chi connectivity index (χ2n) is 7.21. The van der Waals surface area contributed by atoms with Crippen LogP contribution in [0.15, 0.2) is 24.3 Å². The van der Waals surface area contributed by atoms with E-state index in [9.17, 15) is 15.0 Å². The van der Waals surface area contributed by atoms with E-state index in [1.165, 1.54) is 11.1 Å². The minimum Gasteiger partial charge on any atom is -0.392 e. The van der Waals surface area contributed by atoms with Gasteiger partial charge in [0.1, 0.15) is 5.78 Å². The van der Waals surface area contributed by atoms with Gasteiger partial charge in [-0.3, -0.25) is 9.69 Å². The molecule has 0 amide bonds. The smallest absolute Gasteiger partial charge is 0.135 e. The lowest BCUT2D eigenvalue weighted by molar-refractivity contribution is -0.126. The van der Waals surface area contributed by atoms with Crippen molar-refractivity contribution in [3.05, 3.63) is 35.4 Å². The number of carbonyl (C=O) groups excluding carboxylic acids is 1. The summed E-state index contributed by atoms with van der Waals surface area (Å²) >= 11 is 0. The molecule has 2 N–H and O–H groups in total. The molecule has 4 atom stereocenters. The second-order valence-corrected chi connectivity index (χ2v) is 7.21. The van der Waals surface area contributed by atoms with Crippen LogP contribution in [0.5, 0.6) is 0 Å². The molecule has 4 heteroatoms. The number of likely N-dealkylation sites (tertiary alicyclic amines) is 1. The van der Waals surface area contributed by atoms with Crippen LogP contribution in [0.2, 0.25) is 0 Å². The molecule has 4 nitrogen and oxygen atoms in total. The van der Waals surface area contributed by atoms with Gasteiger partial charge in [0.25, 0.3) is 0 Å². The number of benzene rings is 1. The monoisotopic (exact) mass is 317 g/mol. The van der Waals surface area contributed by atoms with Gasteiger partial charge in [-0.15, -0.1) is 0 Å². The quantitative estimate of drug-likeness (QED) is 0.893. The Balaban J connectivity index is 1.61. The predicted molar refractivity (Wildman–Crippen MR) is 89.1 cm³/mol. The van der Waals surface area contributed by atoms with Gasteiger partial charge >= 0.3 is 0 Å². The fraction of sp³-hybridized carbons (Fsp3) is 0.632. The molecule has 0 radical (unpaired) electrons. The highest BCUT2D eigenvalue weighted by molar-refractivity contribution is 5.79. The molecule has 1 heterocycles. The van der Waals surface area contributed by atoms with Gasteiger partial charge in [-0.05, 0) is 49.7 Å². The van der Waals surface area contributed by atoms with Crippen molar-refractivity contribution in [2.75, 3.05) is 13.1 Å². The van der Waals surface area contributed by atoms with Crippen LogP contribution < -0.4 is 0 Å². The van der Waals surface area contributed by atoms with Crippen LogP contribution in [0.3, 0.4) is 0 Å². The highest BCUT2D eigenvalue weighted by Crippen LogP contribution is 2.37. The van der Waals surface area contributed by atoms with E-state index < -0.39 is 6.10 Å². The van der Waals surface area contributed by atoms with Crippen molar-refractivity contribution in [2.45, 2.75) is 57.3 Å². The average Bonchev–Trinajstić information content (AvgIpc) is 2.93. The molecule has 1 aliphatic heterocycles. The Labute approximate surface area is 138 Å². The van der Waals surface area contributed by atoms with Gasteiger partial charge in [-0.1, -0.05) is 24.3 Å². The summed E-state index contributed by atoms with van der Waals surface area (Å²) < 4.78 is 0. The van der Waals surface area contributed by atoms with Crippen LogP contribution in [0.1, 0.15) is 49.7 Å². The van der Waals surface area contributed by atoms with Crippen LogP contribution in [0, 0.1) is 5.92 Å². The molecule has 1 aromatic rings. The Morgan fingerprint density at radius 3 is 2.52 bits per heavy atom. The SMILES string of the molecule is CC(=O)C1CC(c2ccc(CN3CCC(O)C3)cc2)CCC1O. The van der Waals surface area contributed by atoms with Crippen molar-refractivity contribution < 1.29 is 15.0 Å². The van der Waals surface area contributed by atoms with E-state index in [0.717, 1.165) is 38.9 Å². The molecule has 1 aliphatic carbocycles. The third kappa shape index (κ3) is 4.00. The Kier molecular flexibility index (Phi) is 5.14. The van der Waals surface area contributed by atoms with Crippen LogP contribution in [-0.4, -0.2) is 46.2 Å². The van der Waals surface area contributed by atoms with Crippen LogP contribution in [-0.2, 0) is 11.3 Å². The summed E-state index contributed by atoms with van der Waals surface area (Å²) in [6.45, 7) is 4.20. The van der Waals surface area contributed by atoms with E-state index in [1.54, 1.807) is 6.92 Å². The molecule has 3 rings (SSSR count). The largest absolute Gasteiger partial charge is 0.392 e. The molecular formula is C19H27NO3. The zero-order valence-electron chi connectivity index (χ0n) is 13.8. The number of ketones is 1. The number of hydrogen-bond acceptors (Lipinski definition) is 4. The average molecular weight is 317 g/mol. The lowest BCUT2D eigenvalue weighted by Crippen LogP contribution is -2.32. The summed E-state index contributed by atoms with van der Waals surface area (Å²) in [6.07, 6.45) is 2.64. The Morgan fingerprint density at radius 2 is 1.91 bits per heavy atom. The van der Waals surface area contributed by atoms with E-state index in [1.807, 2.05) is 0 Å². The second kappa shape index (κ2) is 7.12. The molecule has 0 aromatic heterocycles. The Hall–Kier alpha value is -1.23. The number of β-amino-alcohol motifs (C(OH)–C–C–N with tert-alkyl or cyclic N) is 1. The number of hydrogen-bond donors (Lipinski definition) is 2. The summed E-state index contributed by atoms with van der Waals surface area (Å²) in [6, 6.07) is 8.66. The summed E-state index contributed by atoms with van der Waals surface area (Å²) in [5.74, 6) is 0.265. The Bertz CT molecular complexity index is 542. The van der Waals surface area contributed by atoms with Crippen LogP contribution >= 0.6 is 0 Å². The van der Waals surface area contributed by atoms with Gasteiger partial charge in [0.2, 0.25) is 0 Å². The number of Topliss-reactive ketones (excluding diaryl/α,β-unsaturated/α-hetero) is 1. The minimum absolute atomic E-state index is 0.103. The molecule has 1 saturated carbocycles. The molecular weight excluding hydrogens is 290 g/mol. The van der Waals surface area contributed by atoms with Gasteiger partial charge < -0.3 is 10.2 Å². The van der Waals surface area contributed by atoms with Crippen LogP contribution in [0.25, 0.3) is 0 Å². The number of carbonyl (C=O) groups is 1. The molecule has 2 aliphatic rings. The minimum atomic E-state index is -0.468. The lowest BCUT2D eigenvalue weighted by atomic mass is 9.75. The number of nitrogens with zero attached hydrogens (tertiary/aromatic N) is 1. The highest BCUT2D eigenvalue weighted by atomic mass is 16.3. The molecule has 126 valence electrons. The maximum atomic E-state index is 11.7. The topological polar surface area (TPSA) is 60.8 Å². The molecule has 1 saturated heterocycles. The molecule has 23 heavy (non-hydrogen) atoms. The van der Waals surface area contributed by atoms with Gasteiger partial charge in [-0.25, -0.2) is 0 Å². The van der Waals surface area contributed by atoms with E-state index in [4.69, 9.17) is 0 Å². The molecule has 1 aromatic carbocycles. The maximum Gasteiger partial charge on any atom is 0.135 e. The van der Waals surface area contributed by atoms with Gasteiger partial charge in [0.05, 0.1) is 12.2 Å². The first-order valence-electron chi connectivity index (χ1n) is 8.70. The fourth-order valence-electron chi connectivity index (χ4n) is 4.00. The number of aliphatic hydroxyl groups excluding tert-OH is 2. The van der Waals surface area contributed by atoms with E-state index in [2.05, 4.69) is 29.2 Å². The normalized spacial score (nSPS) is 32.1. The van der Waals surface area contributed by atoms with Gasteiger partial charge in [-0.2, -0.15) is 0 Å². The third-order valence-corrected chi connectivity index (χ3v) is 5.44. The summed E-state index contributed by atoms with van der Waals surface area (Å²) in [7, 11) is 0. The zero-order chi connectivity index (χ0) is 16.4. The molecule has 2 fully saturated rings. The molecule has 4 unspecified atom stereocenters. The van der Waals surface area contributed by atoms with Crippen molar-refractivity contribution in [3.63, 3.8) is 0 Å². The molecule has 0 spiro atoms. The first-order chi connectivity index (χ1) is 11.0.